The van der Waals surface area contributed by atoms with E-state index >= 15 is 0 Å². The van der Waals surface area contributed by atoms with Crippen molar-refractivity contribution in [3.05, 3.63) is 159 Å². The number of rotatable bonds is 9. The van der Waals surface area contributed by atoms with Gasteiger partial charge in [-0.05, 0) is 109 Å². The van der Waals surface area contributed by atoms with Crippen molar-refractivity contribution in [1.29, 1.82) is 0 Å². The first-order valence-electron chi connectivity index (χ1n) is 20.7. The van der Waals surface area contributed by atoms with Crippen molar-refractivity contribution >= 4 is 17.9 Å². The van der Waals surface area contributed by atoms with Crippen molar-refractivity contribution in [2.45, 2.75) is 60.4 Å². The third-order valence-corrected chi connectivity index (χ3v) is 10.5. The number of phenols is 3. The van der Waals surface area contributed by atoms with Crippen LogP contribution in [0.15, 0.2) is 109 Å². The molecule has 6 aromatic rings. The summed E-state index contributed by atoms with van der Waals surface area (Å²) in [4.78, 5) is 39.3. The molecule has 0 amide bonds. The summed E-state index contributed by atoms with van der Waals surface area (Å²) in [5.41, 5.74) is 6.69. The Labute approximate surface area is 365 Å². The Morgan fingerprint density at radius 2 is 0.635 bits per heavy atom. The van der Waals surface area contributed by atoms with E-state index in [0.717, 1.165) is 0 Å². The molecule has 1 aliphatic heterocycles. The average molecular weight is 853 g/mol. The van der Waals surface area contributed by atoms with Crippen LogP contribution in [0.4, 0.5) is 0 Å². The molecule has 3 N–H and O–H groups in total. The fraction of sp³-hybridized carbons (Fsp3) is 0.235. The summed E-state index contributed by atoms with van der Waals surface area (Å²) in [6, 6.07) is 31.3. The lowest BCUT2D eigenvalue weighted by atomic mass is 9.94. The van der Waals surface area contributed by atoms with Crippen LogP contribution in [-0.4, -0.2) is 53.0 Å². The molecule has 63 heavy (non-hydrogen) atoms. The molecule has 0 spiro atoms. The Hall–Kier alpha value is -6.99. The van der Waals surface area contributed by atoms with Gasteiger partial charge in [-0.25, -0.2) is 14.4 Å². The number of benzene rings is 6. The lowest BCUT2D eigenvalue weighted by Gasteiger charge is -2.19. The standard InChI is InChI=1S/C51H48O12/c1-4-61-49(55)43-16-10-7-13-40(43)31-19-34-25-58-27-36-21-32(41-14-8-11-17-44(41)50(56)62-5-2)23-38(47(36)53)29-60-30-39-24-33(42-15-9-12-18-45(42)51(57)63-6-3)22-37(48(39)54)28-59-26-35(20-31)46(34)52/h7-24,52-54H,4-6,25-30H2,1-3H3. The Bertz CT molecular complexity index is 2290. The van der Waals surface area contributed by atoms with E-state index < -0.39 is 17.9 Å². The zero-order valence-electron chi connectivity index (χ0n) is 35.3. The lowest BCUT2D eigenvalue weighted by Crippen LogP contribution is -2.08. The highest BCUT2D eigenvalue weighted by Gasteiger charge is 2.22. The molecule has 0 atom stereocenters. The number of aromatic hydroxyl groups is 3. The van der Waals surface area contributed by atoms with Crippen LogP contribution in [0.3, 0.4) is 0 Å². The van der Waals surface area contributed by atoms with Crippen molar-refractivity contribution < 1.29 is 58.1 Å². The van der Waals surface area contributed by atoms with Crippen LogP contribution < -0.4 is 0 Å². The lowest BCUT2D eigenvalue weighted by molar-refractivity contribution is 0.0517. The van der Waals surface area contributed by atoms with Crippen LogP contribution in [0.25, 0.3) is 33.4 Å². The van der Waals surface area contributed by atoms with Gasteiger partial charge in [-0.1, -0.05) is 54.6 Å². The fourth-order valence-corrected chi connectivity index (χ4v) is 7.58. The fourth-order valence-electron chi connectivity index (χ4n) is 7.58. The van der Waals surface area contributed by atoms with E-state index in [0.29, 0.717) is 83.5 Å². The number of phenolic OH excluding ortho intramolecular Hbond substituents is 3. The minimum Gasteiger partial charge on any atom is -0.507 e. The van der Waals surface area contributed by atoms with Gasteiger partial charge in [0.1, 0.15) is 17.2 Å². The number of esters is 3. The maximum absolute atomic E-state index is 13.1. The largest absolute Gasteiger partial charge is 0.507 e. The molecule has 0 aromatic heterocycles. The van der Waals surface area contributed by atoms with Crippen LogP contribution in [0, 0.1) is 0 Å². The first-order valence-corrected chi connectivity index (χ1v) is 20.7. The molecule has 1 heterocycles. The zero-order chi connectivity index (χ0) is 44.5. The van der Waals surface area contributed by atoms with Crippen LogP contribution >= 0.6 is 0 Å². The van der Waals surface area contributed by atoms with Gasteiger partial charge in [0.15, 0.2) is 0 Å². The van der Waals surface area contributed by atoms with Crippen molar-refractivity contribution in [2.75, 3.05) is 19.8 Å². The van der Waals surface area contributed by atoms with E-state index in [-0.39, 0.29) is 76.7 Å². The van der Waals surface area contributed by atoms with E-state index in [2.05, 4.69) is 0 Å². The van der Waals surface area contributed by atoms with Gasteiger partial charge in [-0.3, -0.25) is 0 Å². The summed E-state index contributed by atoms with van der Waals surface area (Å²) in [5, 5.41) is 35.2. The highest BCUT2D eigenvalue weighted by atomic mass is 16.5. The van der Waals surface area contributed by atoms with Gasteiger partial charge < -0.3 is 43.7 Å². The second-order valence-corrected chi connectivity index (χ2v) is 14.7. The second-order valence-electron chi connectivity index (χ2n) is 14.7. The van der Waals surface area contributed by atoms with Gasteiger partial charge in [-0.15, -0.1) is 0 Å². The van der Waals surface area contributed by atoms with Gasteiger partial charge in [0.2, 0.25) is 0 Å². The number of hydrogen-bond acceptors (Lipinski definition) is 12. The smallest absolute Gasteiger partial charge is 0.338 e. The quantitative estimate of drug-likeness (QED) is 0.0932. The Kier molecular flexibility index (Phi) is 14.2. The zero-order valence-corrected chi connectivity index (χ0v) is 35.3. The molecule has 12 heteroatoms. The number of carbonyl (C=O) groups is 3. The van der Waals surface area contributed by atoms with Crippen LogP contribution in [-0.2, 0) is 68.1 Å². The summed E-state index contributed by atoms with van der Waals surface area (Å²) in [6.07, 6.45) is 0. The molecule has 0 fully saturated rings. The van der Waals surface area contributed by atoms with E-state index in [1.165, 1.54) is 0 Å². The summed E-state index contributed by atoms with van der Waals surface area (Å²) < 4.78 is 34.8. The van der Waals surface area contributed by atoms with E-state index in [9.17, 15) is 29.7 Å². The number of hydrogen-bond donors (Lipinski definition) is 3. The Balaban J connectivity index is 1.37. The van der Waals surface area contributed by atoms with Crippen LogP contribution in [0.2, 0.25) is 0 Å². The minimum atomic E-state index is -0.506. The van der Waals surface area contributed by atoms with E-state index in [4.69, 9.17) is 28.4 Å². The maximum atomic E-state index is 13.1. The highest BCUT2D eigenvalue weighted by molar-refractivity contribution is 5.99. The van der Waals surface area contributed by atoms with E-state index in [1.807, 2.05) is 0 Å². The van der Waals surface area contributed by atoms with Crippen LogP contribution in [0.5, 0.6) is 17.2 Å². The predicted octanol–water partition coefficient (Wildman–Crippen LogP) is 9.80. The van der Waals surface area contributed by atoms with Crippen molar-refractivity contribution in [1.82, 2.24) is 0 Å². The predicted molar refractivity (Wildman–Crippen MR) is 234 cm³/mol. The molecular weight excluding hydrogens is 805 g/mol. The molecule has 6 bridgehead atoms. The third kappa shape index (κ3) is 9.89. The molecule has 7 rings (SSSR count). The van der Waals surface area contributed by atoms with Gasteiger partial charge >= 0.3 is 17.9 Å². The van der Waals surface area contributed by atoms with Crippen LogP contribution in [0.1, 0.15) is 85.2 Å². The monoisotopic (exact) mass is 852 g/mol. The topological polar surface area (TPSA) is 167 Å². The molecule has 0 saturated carbocycles. The molecule has 12 nitrogen and oxygen atoms in total. The van der Waals surface area contributed by atoms with Crippen molar-refractivity contribution in [3.63, 3.8) is 0 Å². The molecule has 0 aliphatic carbocycles. The summed E-state index contributed by atoms with van der Waals surface area (Å²) in [5.74, 6) is -1.83. The second kappa shape index (κ2) is 20.3. The minimum absolute atomic E-state index is 0.106. The summed E-state index contributed by atoms with van der Waals surface area (Å²) in [7, 11) is 0. The number of fused-ring (bicyclic) bond motifs is 6. The summed E-state index contributed by atoms with van der Waals surface area (Å²) >= 11 is 0. The summed E-state index contributed by atoms with van der Waals surface area (Å²) in [6.45, 7) is 5.04. The number of carbonyl (C=O) groups excluding carboxylic acids is 3. The first kappa shape index (κ1) is 44.1. The molecule has 6 aromatic carbocycles. The molecule has 0 saturated heterocycles. The van der Waals surface area contributed by atoms with Gasteiger partial charge in [0, 0.05) is 33.4 Å². The van der Waals surface area contributed by atoms with Gasteiger partial charge in [0.05, 0.1) is 76.2 Å². The molecule has 0 unspecified atom stereocenters. The van der Waals surface area contributed by atoms with Gasteiger partial charge in [0.25, 0.3) is 0 Å². The van der Waals surface area contributed by atoms with Gasteiger partial charge in [-0.2, -0.15) is 0 Å². The highest BCUT2D eigenvalue weighted by Crippen LogP contribution is 2.38. The molecule has 1 aliphatic rings. The third-order valence-electron chi connectivity index (χ3n) is 10.5. The van der Waals surface area contributed by atoms with Crippen molar-refractivity contribution in [3.8, 4) is 50.6 Å². The average Bonchev–Trinajstić information content (AvgIpc) is 3.29. The Morgan fingerprint density at radius 1 is 0.413 bits per heavy atom. The number of ether oxygens (including phenoxy) is 6. The SMILES string of the molecule is CCOC(=O)c1ccccc1-c1cc2c(O)c(c1)COCc1cc(-c3ccccc3C(=O)OCC)cc(c1O)COCc1cc(-c3ccccc3C(=O)OCC)cc(c1O)COC2. The maximum Gasteiger partial charge on any atom is 0.338 e. The van der Waals surface area contributed by atoms with E-state index in [1.54, 1.807) is 130 Å². The molecule has 0 radical (unpaired) electrons. The first-order chi connectivity index (χ1) is 30.6. The normalized spacial score (nSPS) is 13.0. The Morgan fingerprint density at radius 3 is 0.857 bits per heavy atom. The van der Waals surface area contributed by atoms with Crippen molar-refractivity contribution in [2.24, 2.45) is 0 Å². The molecular formula is C51H48O12. The molecule has 324 valence electrons.